The van der Waals surface area contributed by atoms with Gasteiger partial charge in [0.2, 0.25) is 5.91 Å². The lowest BCUT2D eigenvalue weighted by molar-refractivity contribution is -0.118. The van der Waals surface area contributed by atoms with Gasteiger partial charge in [-0.05, 0) is 43.4 Å². The maximum Gasteiger partial charge on any atom is 0.230 e. The Bertz CT molecular complexity index is 604. The summed E-state index contributed by atoms with van der Waals surface area (Å²) in [6.45, 7) is 2.89. The Balaban J connectivity index is 1.56. The van der Waals surface area contributed by atoms with Gasteiger partial charge in [0.05, 0.1) is 16.8 Å². The first kappa shape index (κ1) is 12.5. The number of nitrogens with zero attached hydrogens (tertiary/aromatic N) is 1. The van der Waals surface area contributed by atoms with Gasteiger partial charge in [0.15, 0.2) is 5.16 Å². The molecule has 0 unspecified atom stereocenters. The molecule has 100 valence electrons. The molecule has 1 aliphatic rings. The molecule has 4 nitrogen and oxygen atoms in total. The van der Waals surface area contributed by atoms with Crippen LogP contribution in [0.3, 0.4) is 0 Å². The number of imidazole rings is 1. The van der Waals surface area contributed by atoms with E-state index in [1.807, 2.05) is 12.1 Å². The van der Waals surface area contributed by atoms with Gasteiger partial charge in [-0.2, -0.15) is 0 Å². The molecule has 1 amide bonds. The predicted molar refractivity (Wildman–Crippen MR) is 77.3 cm³/mol. The smallest absolute Gasteiger partial charge is 0.230 e. The second-order valence-corrected chi connectivity index (χ2v) is 6.06. The summed E-state index contributed by atoms with van der Waals surface area (Å²) >= 11 is 1.45. The maximum absolute atomic E-state index is 11.6. The first-order chi connectivity index (χ1) is 9.20. The van der Waals surface area contributed by atoms with Crippen molar-refractivity contribution >= 4 is 28.7 Å². The summed E-state index contributed by atoms with van der Waals surface area (Å²) in [6, 6.07) is 6.11. The van der Waals surface area contributed by atoms with Crippen LogP contribution < -0.4 is 5.32 Å². The average Bonchev–Trinajstić information content (AvgIpc) is 3.13. The Morgan fingerprint density at radius 1 is 1.53 bits per heavy atom. The van der Waals surface area contributed by atoms with Crippen LogP contribution in [0, 0.1) is 12.8 Å². The summed E-state index contributed by atoms with van der Waals surface area (Å²) in [4.78, 5) is 19.3. The van der Waals surface area contributed by atoms with Gasteiger partial charge in [-0.1, -0.05) is 17.8 Å². The molecule has 19 heavy (non-hydrogen) atoms. The molecule has 1 heterocycles. The number of carbonyl (C=O) groups excluding carboxylic acids is 1. The van der Waals surface area contributed by atoms with Crippen molar-refractivity contribution in [3.8, 4) is 0 Å². The highest BCUT2D eigenvalue weighted by atomic mass is 32.2. The van der Waals surface area contributed by atoms with Crippen molar-refractivity contribution in [1.29, 1.82) is 0 Å². The van der Waals surface area contributed by atoms with E-state index in [0.29, 0.717) is 5.75 Å². The molecule has 3 rings (SSSR count). The lowest BCUT2D eigenvalue weighted by Gasteiger charge is -2.01. The zero-order chi connectivity index (χ0) is 13.2. The molecule has 0 atom stereocenters. The van der Waals surface area contributed by atoms with E-state index in [9.17, 15) is 4.79 Å². The van der Waals surface area contributed by atoms with Gasteiger partial charge in [0, 0.05) is 6.54 Å². The van der Waals surface area contributed by atoms with Crippen molar-refractivity contribution in [3.05, 3.63) is 23.8 Å². The highest BCUT2D eigenvalue weighted by Crippen LogP contribution is 2.27. The van der Waals surface area contributed by atoms with E-state index in [1.54, 1.807) is 0 Å². The lowest BCUT2D eigenvalue weighted by Crippen LogP contribution is -2.27. The van der Waals surface area contributed by atoms with Crippen LogP contribution in [0.1, 0.15) is 18.4 Å². The van der Waals surface area contributed by atoms with E-state index in [0.717, 1.165) is 28.7 Å². The Morgan fingerprint density at radius 2 is 2.37 bits per heavy atom. The molecule has 0 aliphatic heterocycles. The van der Waals surface area contributed by atoms with Crippen LogP contribution in [0.2, 0.25) is 0 Å². The minimum atomic E-state index is 0.0912. The molecule has 0 bridgehead atoms. The number of aromatic nitrogens is 2. The fraction of sp³-hybridized carbons (Fsp3) is 0.429. The van der Waals surface area contributed by atoms with E-state index in [4.69, 9.17) is 0 Å². The number of aryl methyl sites for hydroxylation is 1. The molecule has 1 aliphatic carbocycles. The second-order valence-electron chi connectivity index (χ2n) is 5.10. The Kier molecular flexibility index (Phi) is 3.46. The molecule has 5 heteroatoms. The molecule has 2 aromatic rings. The molecule has 0 saturated heterocycles. The number of hydrogen-bond acceptors (Lipinski definition) is 3. The lowest BCUT2D eigenvalue weighted by atomic mass is 10.2. The molecular weight excluding hydrogens is 258 g/mol. The van der Waals surface area contributed by atoms with Crippen LogP contribution in [-0.4, -0.2) is 28.2 Å². The normalized spacial score (nSPS) is 14.8. The molecule has 2 N–H and O–H groups in total. The molecule has 1 aromatic heterocycles. The average molecular weight is 275 g/mol. The van der Waals surface area contributed by atoms with Gasteiger partial charge in [0.25, 0.3) is 0 Å². The third kappa shape index (κ3) is 3.29. The highest BCUT2D eigenvalue weighted by molar-refractivity contribution is 7.99. The van der Waals surface area contributed by atoms with Crippen LogP contribution in [0.5, 0.6) is 0 Å². The molecule has 1 fully saturated rings. The standard InChI is InChI=1S/C14H17N3OS/c1-9-2-5-11-12(6-9)17-14(16-11)19-8-13(18)15-7-10-3-4-10/h2,5-6,10H,3-4,7-8H2,1H3,(H,15,18)(H,16,17). The summed E-state index contributed by atoms with van der Waals surface area (Å²) in [5, 5.41) is 3.76. The number of hydrogen-bond donors (Lipinski definition) is 2. The van der Waals surface area contributed by atoms with E-state index < -0.39 is 0 Å². The Hall–Kier alpha value is -1.49. The van der Waals surface area contributed by atoms with Crippen LogP contribution in [0.4, 0.5) is 0 Å². The van der Waals surface area contributed by atoms with Gasteiger partial charge < -0.3 is 10.3 Å². The highest BCUT2D eigenvalue weighted by Gasteiger charge is 2.21. The predicted octanol–water partition coefficient (Wildman–Crippen LogP) is 2.49. The van der Waals surface area contributed by atoms with Crippen molar-refractivity contribution in [2.24, 2.45) is 5.92 Å². The number of amides is 1. The number of rotatable bonds is 5. The van der Waals surface area contributed by atoms with E-state index in [-0.39, 0.29) is 5.91 Å². The van der Waals surface area contributed by atoms with Gasteiger partial charge in [-0.3, -0.25) is 4.79 Å². The minimum absolute atomic E-state index is 0.0912. The summed E-state index contributed by atoms with van der Waals surface area (Å²) in [6.07, 6.45) is 2.52. The number of fused-ring (bicyclic) bond motifs is 1. The van der Waals surface area contributed by atoms with Crippen LogP contribution in [0.25, 0.3) is 11.0 Å². The summed E-state index contributed by atoms with van der Waals surface area (Å²) < 4.78 is 0. The third-order valence-electron chi connectivity index (χ3n) is 3.24. The van der Waals surface area contributed by atoms with Crippen LogP contribution in [0.15, 0.2) is 23.4 Å². The maximum atomic E-state index is 11.6. The molecule has 1 aromatic carbocycles. The van der Waals surface area contributed by atoms with Crippen molar-refractivity contribution < 1.29 is 4.79 Å². The monoisotopic (exact) mass is 275 g/mol. The first-order valence-corrected chi connectivity index (χ1v) is 7.55. The van der Waals surface area contributed by atoms with Crippen molar-refractivity contribution in [2.45, 2.75) is 24.9 Å². The Labute approximate surface area is 116 Å². The van der Waals surface area contributed by atoms with Crippen molar-refractivity contribution in [3.63, 3.8) is 0 Å². The van der Waals surface area contributed by atoms with E-state index in [2.05, 4.69) is 28.3 Å². The first-order valence-electron chi connectivity index (χ1n) is 6.56. The summed E-state index contributed by atoms with van der Waals surface area (Å²) in [7, 11) is 0. The molecular formula is C14H17N3OS. The number of nitrogens with one attached hydrogen (secondary N) is 2. The van der Waals surface area contributed by atoms with Gasteiger partial charge in [0.1, 0.15) is 0 Å². The van der Waals surface area contributed by atoms with Gasteiger partial charge in [-0.25, -0.2) is 4.98 Å². The summed E-state index contributed by atoms with van der Waals surface area (Å²) in [5.74, 6) is 1.24. The third-order valence-corrected chi connectivity index (χ3v) is 4.11. The van der Waals surface area contributed by atoms with Crippen molar-refractivity contribution in [1.82, 2.24) is 15.3 Å². The van der Waals surface area contributed by atoms with Gasteiger partial charge >= 0.3 is 0 Å². The topological polar surface area (TPSA) is 57.8 Å². The molecule has 0 radical (unpaired) electrons. The number of thioether (sulfide) groups is 1. The number of benzene rings is 1. The number of carbonyl (C=O) groups is 1. The van der Waals surface area contributed by atoms with Crippen molar-refractivity contribution in [2.75, 3.05) is 12.3 Å². The zero-order valence-corrected chi connectivity index (χ0v) is 11.7. The SMILES string of the molecule is Cc1ccc2nc(SCC(=O)NCC3CC3)[nH]c2c1. The molecule has 1 saturated carbocycles. The fourth-order valence-electron chi connectivity index (χ4n) is 1.93. The largest absolute Gasteiger partial charge is 0.355 e. The number of H-pyrrole nitrogens is 1. The van der Waals surface area contributed by atoms with Crippen LogP contribution >= 0.6 is 11.8 Å². The second kappa shape index (κ2) is 5.25. The summed E-state index contributed by atoms with van der Waals surface area (Å²) in [5.41, 5.74) is 3.18. The van der Waals surface area contributed by atoms with E-state index >= 15 is 0 Å². The minimum Gasteiger partial charge on any atom is -0.355 e. The zero-order valence-electron chi connectivity index (χ0n) is 10.9. The van der Waals surface area contributed by atoms with Crippen LogP contribution in [-0.2, 0) is 4.79 Å². The molecule has 0 spiro atoms. The van der Waals surface area contributed by atoms with E-state index in [1.165, 1.54) is 30.2 Å². The van der Waals surface area contributed by atoms with Gasteiger partial charge in [-0.15, -0.1) is 0 Å². The number of aromatic amines is 1. The fourth-order valence-corrected chi connectivity index (χ4v) is 2.65. The Morgan fingerprint density at radius 3 is 3.16 bits per heavy atom. The quantitative estimate of drug-likeness (QED) is 0.824.